The Balaban J connectivity index is 1.85. The Bertz CT molecular complexity index is 859. The molecule has 2 aromatic carbocycles. The van der Waals surface area contributed by atoms with Gasteiger partial charge in [-0.2, -0.15) is 5.10 Å². The zero-order valence-corrected chi connectivity index (χ0v) is 14.6. The van der Waals surface area contributed by atoms with Crippen molar-refractivity contribution in [1.82, 2.24) is 9.78 Å². The van der Waals surface area contributed by atoms with Gasteiger partial charge in [0.2, 0.25) is 0 Å². The van der Waals surface area contributed by atoms with Crippen LogP contribution >= 0.6 is 27.5 Å². The van der Waals surface area contributed by atoms with E-state index in [1.54, 1.807) is 35.1 Å². The van der Waals surface area contributed by atoms with Crippen LogP contribution in [0.25, 0.3) is 5.69 Å². The summed E-state index contributed by atoms with van der Waals surface area (Å²) < 4.78 is 2.62. The third-order valence-corrected chi connectivity index (χ3v) is 4.16. The fourth-order valence-corrected chi connectivity index (χ4v) is 2.72. The molecule has 0 bridgehead atoms. The van der Waals surface area contributed by atoms with Crippen molar-refractivity contribution in [3.8, 4) is 5.69 Å². The maximum absolute atomic E-state index is 12.3. The molecule has 0 atom stereocenters. The van der Waals surface area contributed by atoms with Crippen LogP contribution in [0.5, 0.6) is 0 Å². The molecule has 1 heterocycles. The number of hydrogen-bond acceptors (Lipinski definition) is 2. The van der Waals surface area contributed by atoms with Gasteiger partial charge in [-0.3, -0.25) is 4.79 Å². The number of aromatic nitrogens is 2. The van der Waals surface area contributed by atoms with E-state index in [1.807, 2.05) is 31.2 Å². The summed E-state index contributed by atoms with van der Waals surface area (Å²) in [5, 5.41) is 7.88. The third kappa shape index (κ3) is 3.46. The van der Waals surface area contributed by atoms with Crippen LogP contribution in [0.4, 0.5) is 5.69 Å². The molecule has 3 rings (SSSR count). The van der Waals surface area contributed by atoms with Crippen LogP contribution in [0, 0.1) is 6.92 Å². The number of carbonyl (C=O) groups excluding carboxylic acids is 1. The standard InChI is InChI=1S/C17H13BrClN3O/c1-11-16(21-17(23)12-3-2-4-13(18)9-12)10-20-22(11)15-7-5-14(19)6-8-15/h2-10H,1H3,(H,21,23). The van der Waals surface area contributed by atoms with Crippen molar-refractivity contribution in [1.29, 1.82) is 0 Å². The van der Waals surface area contributed by atoms with Crippen molar-refractivity contribution in [2.24, 2.45) is 0 Å². The van der Waals surface area contributed by atoms with E-state index in [0.717, 1.165) is 15.9 Å². The minimum absolute atomic E-state index is 0.176. The van der Waals surface area contributed by atoms with Crippen molar-refractivity contribution in [3.05, 3.63) is 75.5 Å². The molecule has 1 aromatic heterocycles. The van der Waals surface area contributed by atoms with Gasteiger partial charge in [-0.05, 0) is 49.4 Å². The first-order valence-corrected chi connectivity index (χ1v) is 8.09. The number of rotatable bonds is 3. The van der Waals surface area contributed by atoms with Crippen molar-refractivity contribution < 1.29 is 4.79 Å². The molecule has 0 aliphatic heterocycles. The van der Waals surface area contributed by atoms with Crippen LogP contribution in [0.1, 0.15) is 16.1 Å². The minimum Gasteiger partial charge on any atom is -0.319 e. The molecule has 0 unspecified atom stereocenters. The molecular formula is C17H13BrClN3O. The molecule has 0 aliphatic rings. The van der Waals surface area contributed by atoms with Gasteiger partial charge < -0.3 is 5.32 Å². The van der Waals surface area contributed by atoms with Crippen molar-refractivity contribution >= 4 is 39.1 Å². The molecule has 23 heavy (non-hydrogen) atoms. The van der Waals surface area contributed by atoms with E-state index in [-0.39, 0.29) is 5.91 Å². The van der Waals surface area contributed by atoms with Gasteiger partial charge in [0.25, 0.3) is 5.91 Å². The highest BCUT2D eigenvalue weighted by Gasteiger charge is 2.12. The molecule has 3 aromatic rings. The summed E-state index contributed by atoms with van der Waals surface area (Å²) in [6, 6.07) is 14.6. The first-order valence-electron chi connectivity index (χ1n) is 6.92. The van der Waals surface area contributed by atoms with Crippen molar-refractivity contribution in [3.63, 3.8) is 0 Å². The van der Waals surface area contributed by atoms with Crippen LogP contribution in [0.2, 0.25) is 5.02 Å². The predicted molar refractivity (Wildman–Crippen MR) is 95.4 cm³/mol. The summed E-state index contributed by atoms with van der Waals surface area (Å²) in [7, 11) is 0. The number of hydrogen-bond donors (Lipinski definition) is 1. The fourth-order valence-electron chi connectivity index (χ4n) is 2.20. The van der Waals surface area contributed by atoms with Crippen LogP contribution in [0.15, 0.2) is 59.2 Å². The van der Waals surface area contributed by atoms with Crippen molar-refractivity contribution in [2.45, 2.75) is 6.92 Å². The smallest absolute Gasteiger partial charge is 0.255 e. The lowest BCUT2D eigenvalue weighted by molar-refractivity contribution is 0.102. The number of carbonyl (C=O) groups is 1. The molecule has 0 saturated carbocycles. The highest BCUT2D eigenvalue weighted by molar-refractivity contribution is 9.10. The van der Waals surface area contributed by atoms with E-state index >= 15 is 0 Å². The molecule has 0 fully saturated rings. The highest BCUT2D eigenvalue weighted by Crippen LogP contribution is 2.21. The highest BCUT2D eigenvalue weighted by atomic mass is 79.9. The average Bonchev–Trinajstić information content (AvgIpc) is 2.89. The predicted octanol–water partition coefficient (Wildman–Crippen LogP) is 4.85. The first kappa shape index (κ1) is 15.8. The van der Waals surface area contributed by atoms with Gasteiger partial charge >= 0.3 is 0 Å². The van der Waals surface area contributed by atoms with Gasteiger partial charge in [-0.15, -0.1) is 0 Å². The molecule has 1 amide bonds. The Labute approximate surface area is 147 Å². The third-order valence-electron chi connectivity index (χ3n) is 3.42. The SMILES string of the molecule is Cc1c(NC(=O)c2cccc(Br)c2)cnn1-c1ccc(Cl)cc1. The summed E-state index contributed by atoms with van der Waals surface area (Å²) >= 11 is 9.27. The van der Waals surface area contributed by atoms with E-state index in [4.69, 9.17) is 11.6 Å². The summed E-state index contributed by atoms with van der Waals surface area (Å²) in [6.07, 6.45) is 1.64. The molecule has 0 spiro atoms. The largest absolute Gasteiger partial charge is 0.319 e. The fraction of sp³-hybridized carbons (Fsp3) is 0.0588. The molecule has 0 saturated heterocycles. The number of halogens is 2. The van der Waals surface area contributed by atoms with Crippen LogP contribution in [-0.2, 0) is 0 Å². The lowest BCUT2D eigenvalue weighted by atomic mass is 10.2. The van der Waals surface area contributed by atoms with E-state index < -0.39 is 0 Å². The zero-order chi connectivity index (χ0) is 16.4. The maximum atomic E-state index is 12.3. The van der Waals surface area contributed by atoms with Crippen LogP contribution in [-0.4, -0.2) is 15.7 Å². The number of nitrogens with one attached hydrogen (secondary N) is 1. The number of amides is 1. The Morgan fingerprint density at radius 1 is 1.22 bits per heavy atom. The zero-order valence-electron chi connectivity index (χ0n) is 12.3. The quantitative estimate of drug-likeness (QED) is 0.695. The first-order chi connectivity index (χ1) is 11.0. The molecule has 6 heteroatoms. The van der Waals surface area contributed by atoms with Crippen LogP contribution < -0.4 is 5.32 Å². The Kier molecular flexibility index (Phi) is 4.50. The number of benzene rings is 2. The Morgan fingerprint density at radius 3 is 2.65 bits per heavy atom. The van der Waals surface area contributed by atoms with Gasteiger partial charge in [0.05, 0.1) is 23.3 Å². The lowest BCUT2D eigenvalue weighted by Crippen LogP contribution is -2.12. The van der Waals surface area contributed by atoms with Gasteiger partial charge in [-0.25, -0.2) is 4.68 Å². The minimum atomic E-state index is -0.176. The molecular weight excluding hydrogens is 378 g/mol. The van der Waals surface area contributed by atoms with Crippen molar-refractivity contribution in [2.75, 3.05) is 5.32 Å². The maximum Gasteiger partial charge on any atom is 0.255 e. The van der Waals surface area contributed by atoms with Gasteiger partial charge in [0.15, 0.2) is 0 Å². The molecule has 4 nitrogen and oxygen atoms in total. The Morgan fingerprint density at radius 2 is 1.96 bits per heavy atom. The molecule has 1 N–H and O–H groups in total. The van der Waals surface area contributed by atoms with E-state index in [9.17, 15) is 4.79 Å². The van der Waals surface area contributed by atoms with E-state index in [0.29, 0.717) is 16.3 Å². The second-order valence-corrected chi connectivity index (χ2v) is 6.35. The van der Waals surface area contributed by atoms with Gasteiger partial charge in [0.1, 0.15) is 0 Å². The topological polar surface area (TPSA) is 46.9 Å². The van der Waals surface area contributed by atoms with Gasteiger partial charge in [0, 0.05) is 15.1 Å². The number of anilines is 1. The summed E-state index contributed by atoms with van der Waals surface area (Å²) in [5.74, 6) is -0.176. The second-order valence-electron chi connectivity index (χ2n) is 5.00. The summed E-state index contributed by atoms with van der Waals surface area (Å²) in [4.78, 5) is 12.3. The second kappa shape index (κ2) is 6.56. The van der Waals surface area contributed by atoms with Crippen LogP contribution in [0.3, 0.4) is 0 Å². The summed E-state index contributed by atoms with van der Waals surface area (Å²) in [6.45, 7) is 1.90. The average molecular weight is 391 g/mol. The molecule has 116 valence electrons. The van der Waals surface area contributed by atoms with Gasteiger partial charge in [-0.1, -0.05) is 33.6 Å². The van der Waals surface area contributed by atoms with E-state index in [1.165, 1.54) is 0 Å². The monoisotopic (exact) mass is 389 g/mol. The summed E-state index contributed by atoms with van der Waals surface area (Å²) in [5.41, 5.74) is 2.98. The Hall–Kier alpha value is -2.11. The van der Waals surface area contributed by atoms with E-state index in [2.05, 4.69) is 26.3 Å². The normalized spacial score (nSPS) is 10.6. The molecule has 0 radical (unpaired) electrons. The lowest BCUT2D eigenvalue weighted by Gasteiger charge is -2.07. The molecule has 0 aliphatic carbocycles. The number of nitrogens with zero attached hydrogens (tertiary/aromatic N) is 2.